The Bertz CT molecular complexity index is 626. The highest BCUT2D eigenvalue weighted by Gasteiger charge is 2.15. The van der Waals surface area contributed by atoms with Gasteiger partial charge in [-0.3, -0.25) is 4.79 Å². The predicted octanol–water partition coefficient (Wildman–Crippen LogP) is 3.40. The van der Waals surface area contributed by atoms with Crippen molar-refractivity contribution in [1.82, 2.24) is 0 Å². The van der Waals surface area contributed by atoms with E-state index in [1.54, 1.807) is 42.5 Å². The zero-order chi connectivity index (χ0) is 13.8. The van der Waals surface area contributed by atoms with Crippen LogP contribution in [0.25, 0.3) is 0 Å². The number of carboxylic acids is 1. The van der Waals surface area contributed by atoms with Gasteiger partial charge in [-0.25, -0.2) is 4.79 Å². The van der Waals surface area contributed by atoms with Crippen LogP contribution in [0.2, 0.25) is 0 Å². The monoisotopic (exact) mass is 319 g/mol. The topological polar surface area (TPSA) is 66.4 Å². The van der Waals surface area contributed by atoms with Crippen LogP contribution in [0.1, 0.15) is 20.7 Å². The van der Waals surface area contributed by atoms with Crippen LogP contribution >= 0.6 is 15.9 Å². The van der Waals surface area contributed by atoms with Gasteiger partial charge >= 0.3 is 5.97 Å². The van der Waals surface area contributed by atoms with E-state index in [0.717, 1.165) is 0 Å². The molecule has 2 aromatic rings. The standard InChI is InChI=1S/C14H10BrNO3/c15-11-8-4-7-10(14(18)19)12(11)16-13(17)9-5-2-1-3-6-9/h1-8H,(H,16,17)(H,18,19). The van der Waals surface area contributed by atoms with E-state index in [1.807, 2.05) is 0 Å². The number of aromatic carboxylic acids is 1. The number of hydrogen-bond acceptors (Lipinski definition) is 2. The number of nitrogens with one attached hydrogen (secondary N) is 1. The Morgan fingerprint density at radius 1 is 1.00 bits per heavy atom. The van der Waals surface area contributed by atoms with E-state index in [1.165, 1.54) is 6.07 Å². The van der Waals surface area contributed by atoms with Crippen molar-refractivity contribution >= 4 is 33.5 Å². The van der Waals surface area contributed by atoms with Crippen molar-refractivity contribution in [3.63, 3.8) is 0 Å². The van der Waals surface area contributed by atoms with Crippen LogP contribution in [0, 0.1) is 0 Å². The molecule has 0 saturated heterocycles. The number of amides is 1. The summed E-state index contributed by atoms with van der Waals surface area (Å²) in [7, 11) is 0. The van der Waals surface area contributed by atoms with Crippen LogP contribution in [0.5, 0.6) is 0 Å². The van der Waals surface area contributed by atoms with Crippen LogP contribution in [-0.4, -0.2) is 17.0 Å². The first-order chi connectivity index (χ1) is 9.09. The number of carboxylic acid groups (broad SMARTS) is 1. The third-order valence-corrected chi connectivity index (χ3v) is 3.18. The van der Waals surface area contributed by atoms with Gasteiger partial charge in [0.1, 0.15) is 0 Å². The molecular formula is C14H10BrNO3. The first-order valence-corrected chi connectivity index (χ1v) is 6.27. The Labute approximate surface area is 118 Å². The summed E-state index contributed by atoms with van der Waals surface area (Å²) in [6.45, 7) is 0. The molecule has 19 heavy (non-hydrogen) atoms. The SMILES string of the molecule is O=C(Nc1c(Br)cccc1C(=O)O)c1ccccc1. The fourth-order valence-electron chi connectivity index (χ4n) is 1.60. The van der Waals surface area contributed by atoms with Gasteiger partial charge in [0, 0.05) is 10.0 Å². The largest absolute Gasteiger partial charge is 0.478 e. The van der Waals surface area contributed by atoms with Crippen LogP contribution in [0.15, 0.2) is 53.0 Å². The third kappa shape index (κ3) is 3.00. The molecule has 0 saturated carbocycles. The Kier molecular flexibility index (Phi) is 3.97. The highest BCUT2D eigenvalue weighted by molar-refractivity contribution is 9.10. The highest BCUT2D eigenvalue weighted by Crippen LogP contribution is 2.27. The molecule has 96 valence electrons. The van der Waals surface area contributed by atoms with Gasteiger partial charge in [0.05, 0.1) is 11.3 Å². The number of carbonyl (C=O) groups excluding carboxylic acids is 1. The smallest absolute Gasteiger partial charge is 0.337 e. The van der Waals surface area contributed by atoms with Gasteiger partial charge < -0.3 is 10.4 Å². The minimum Gasteiger partial charge on any atom is -0.478 e. The molecule has 0 fully saturated rings. The minimum atomic E-state index is -1.09. The minimum absolute atomic E-state index is 0.0404. The van der Waals surface area contributed by atoms with Gasteiger partial charge in [0.15, 0.2) is 0 Å². The van der Waals surface area contributed by atoms with E-state index in [-0.39, 0.29) is 17.2 Å². The van der Waals surface area contributed by atoms with E-state index in [2.05, 4.69) is 21.2 Å². The molecule has 0 spiro atoms. The van der Waals surface area contributed by atoms with Crippen LogP contribution in [0.4, 0.5) is 5.69 Å². The van der Waals surface area contributed by atoms with E-state index < -0.39 is 5.97 Å². The number of rotatable bonds is 3. The molecule has 2 rings (SSSR count). The molecule has 4 nitrogen and oxygen atoms in total. The fraction of sp³-hybridized carbons (Fsp3) is 0. The van der Waals surface area contributed by atoms with E-state index in [9.17, 15) is 9.59 Å². The van der Waals surface area contributed by atoms with Gasteiger partial charge in [-0.1, -0.05) is 24.3 Å². The summed E-state index contributed by atoms with van der Waals surface area (Å²) >= 11 is 3.24. The second-order valence-electron chi connectivity index (χ2n) is 3.79. The molecule has 2 N–H and O–H groups in total. The molecule has 0 aliphatic heterocycles. The molecule has 0 heterocycles. The molecule has 0 atom stereocenters. The first kappa shape index (κ1) is 13.3. The molecule has 2 aromatic carbocycles. The van der Waals surface area contributed by atoms with Crippen molar-refractivity contribution in [3.8, 4) is 0 Å². The lowest BCUT2D eigenvalue weighted by Crippen LogP contribution is -2.15. The lowest BCUT2D eigenvalue weighted by molar-refractivity contribution is 0.0698. The summed E-state index contributed by atoms with van der Waals surface area (Å²) in [5, 5.41) is 11.7. The molecule has 0 aromatic heterocycles. The number of halogens is 1. The number of carbonyl (C=O) groups is 2. The van der Waals surface area contributed by atoms with Gasteiger partial charge in [-0.05, 0) is 40.2 Å². The second-order valence-corrected chi connectivity index (χ2v) is 4.64. The number of para-hydroxylation sites is 1. The van der Waals surface area contributed by atoms with E-state index >= 15 is 0 Å². The molecule has 0 radical (unpaired) electrons. The predicted molar refractivity (Wildman–Crippen MR) is 75.5 cm³/mol. The third-order valence-electron chi connectivity index (χ3n) is 2.52. The van der Waals surface area contributed by atoms with E-state index in [0.29, 0.717) is 10.0 Å². The quantitative estimate of drug-likeness (QED) is 0.911. The Balaban J connectivity index is 2.34. The summed E-state index contributed by atoms with van der Waals surface area (Å²) in [6, 6.07) is 13.3. The maximum Gasteiger partial charge on any atom is 0.337 e. The number of hydrogen-bond donors (Lipinski definition) is 2. The Morgan fingerprint density at radius 2 is 1.68 bits per heavy atom. The average molecular weight is 320 g/mol. The van der Waals surface area contributed by atoms with Gasteiger partial charge in [0.2, 0.25) is 0 Å². The molecule has 0 unspecified atom stereocenters. The second kappa shape index (κ2) is 5.67. The van der Waals surface area contributed by atoms with Crippen molar-refractivity contribution in [2.24, 2.45) is 0 Å². The highest BCUT2D eigenvalue weighted by atomic mass is 79.9. The zero-order valence-corrected chi connectivity index (χ0v) is 11.3. The van der Waals surface area contributed by atoms with E-state index in [4.69, 9.17) is 5.11 Å². The van der Waals surface area contributed by atoms with Gasteiger partial charge in [-0.15, -0.1) is 0 Å². The van der Waals surface area contributed by atoms with Crippen LogP contribution in [-0.2, 0) is 0 Å². The number of anilines is 1. The van der Waals surface area contributed by atoms with Crippen molar-refractivity contribution in [2.75, 3.05) is 5.32 Å². The van der Waals surface area contributed by atoms with Gasteiger partial charge in [0.25, 0.3) is 5.91 Å². The lowest BCUT2D eigenvalue weighted by Gasteiger charge is -2.10. The maximum atomic E-state index is 12.0. The van der Waals surface area contributed by atoms with Crippen LogP contribution < -0.4 is 5.32 Å². The Hall–Kier alpha value is -2.14. The lowest BCUT2D eigenvalue weighted by atomic mass is 10.1. The number of benzene rings is 2. The van der Waals surface area contributed by atoms with Crippen molar-refractivity contribution in [2.45, 2.75) is 0 Å². The molecular weight excluding hydrogens is 310 g/mol. The average Bonchev–Trinajstić information content (AvgIpc) is 2.41. The summed E-state index contributed by atoms with van der Waals surface area (Å²) in [4.78, 5) is 23.1. The molecule has 5 heteroatoms. The zero-order valence-electron chi connectivity index (χ0n) is 9.76. The molecule has 0 aliphatic rings. The first-order valence-electron chi connectivity index (χ1n) is 5.48. The molecule has 0 bridgehead atoms. The van der Waals surface area contributed by atoms with Crippen LogP contribution in [0.3, 0.4) is 0 Å². The summed E-state index contributed by atoms with van der Waals surface area (Å²) in [5.41, 5.74) is 0.761. The maximum absolute atomic E-state index is 12.0. The summed E-state index contributed by atoms with van der Waals surface area (Å²) in [6.07, 6.45) is 0. The molecule has 0 aliphatic carbocycles. The van der Waals surface area contributed by atoms with Crippen molar-refractivity contribution in [1.29, 1.82) is 0 Å². The summed E-state index contributed by atoms with van der Waals surface area (Å²) in [5.74, 6) is -1.44. The van der Waals surface area contributed by atoms with Crippen molar-refractivity contribution in [3.05, 3.63) is 64.1 Å². The Morgan fingerprint density at radius 3 is 2.32 bits per heavy atom. The summed E-state index contributed by atoms with van der Waals surface area (Å²) < 4.78 is 0.525. The normalized spacial score (nSPS) is 9.95. The fourth-order valence-corrected chi connectivity index (χ4v) is 2.07. The molecule has 1 amide bonds. The van der Waals surface area contributed by atoms with Crippen molar-refractivity contribution < 1.29 is 14.7 Å². The van der Waals surface area contributed by atoms with Gasteiger partial charge in [-0.2, -0.15) is 0 Å².